The van der Waals surface area contributed by atoms with Crippen LogP contribution in [-0.4, -0.2) is 49.3 Å². The van der Waals surface area contributed by atoms with Gasteiger partial charge in [0.1, 0.15) is 0 Å². The highest BCUT2D eigenvalue weighted by Gasteiger charge is 2.22. The van der Waals surface area contributed by atoms with E-state index in [1.54, 1.807) is 6.92 Å². The molecule has 1 aromatic heterocycles. The van der Waals surface area contributed by atoms with Crippen LogP contribution in [0.1, 0.15) is 24.6 Å². The highest BCUT2D eigenvalue weighted by Crippen LogP contribution is 2.17. The van der Waals surface area contributed by atoms with Crippen molar-refractivity contribution < 1.29 is 12.9 Å². The molecule has 108 valence electrons. The molecule has 0 aromatic carbocycles. The lowest BCUT2D eigenvalue weighted by Gasteiger charge is -2.31. The summed E-state index contributed by atoms with van der Waals surface area (Å²) in [5.74, 6) is 1.60. The quantitative estimate of drug-likeness (QED) is 0.829. The number of nitrogens with one attached hydrogen (secondary N) is 1. The monoisotopic (exact) mass is 288 g/mol. The summed E-state index contributed by atoms with van der Waals surface area (Å²) in [6.07, 6.45) is 3.29. The summed E-state index contributed by atoms with van der Waals surface area (Å²) >= 11 is 0. The maximum Gasteiger partial charge on any atom is 0.240 e. The molecule has 19 heavy (non-hydrogen) atoms. The molecule has 0 saturated carbocycles. The second-order valence-corrected chi connectivity index (χ2v) is 6.93. The molecule has 2 rings (SSSR count). The maximum absolute atomic E-state index is 11.1. The van der Waals surface area contributed by atoms with Crippen molar-refractivity contribution in [3.63, 3.8) is 0 Å². The Morgan fingerprint density at radius 3 is 2.95 bits per heavy atom. The predicted octanol–water partition coefficient (Wildman–Crippen LogP) is 0.139. The molecule has 0 amide bonds. The lowest BCUT2D eigenvalue weighted by molar-refractivity contribution is 0.151. The molecule has 7 nitrogen and oxygen atoms in total. The highest BCUT2D eigenvalue weighted by atomic mass is 32.2. The molecule has 1 aliphatic rings. The lowest BCUT2D eigenvalue weighted by atomic mass is 9.98. The molecule has 0 spiro atoms. The lowest BCUT2D eigenvalue weighted by Crippen LogP contribution is -2.40. The van der Waals surface area contributed by atoms with E-state index in [1.165, 1.54) is 6.26 Å². The number of hydrogen-bond acceptors (Lipinski definition) is 6. The molecular weight excluding hydrogens is 268 g/mol. The van der Waals surface area contributed by atoms with Crippen LogP contribution in [0.2, 0.25) is 0 Å². The number of piperidine rings is 1. The zero-order chi connectivity index (χ0) is 13.9. The van der Waals surface area contributed by atoms with Gasteiger partial charge in [0.25, 0.3) is 0 Å². The summed E-state index contributed by atoms with van der Waals surface area (Å²) < 4.78 is 29.9. The van der Waals surface area contributed by atoms with E-state index in [1.807, 2.05) is 0 Å². The normalized spacial score (nSPS) is 21.7. The Hall–Kier alpha value is -0.990. The molecule has 0 bridgehead atoms. The summed E-state index contributed by atoms with van der Waals surface area (Å²) in [7, 11) is -3.11. The third-order valence-corrected chi connectivity index (χ3v) is 3.86. The smallest absolute Gasteiger partial charge is 0.240 e. The maximum atomic E-state index is 11.1. The molecule has 8 heteroatoms. The van der Waals surface area contributed by atoms with E-state index in [0.717, 1.165) is 25.9 Å². The minimum absolute atomic E-state index is 0.340. The van der Waals surface area contributed by atoms with Crippen LogP contribution in [0.5, 0.6) is 0 Å². The average Bonchev–Trinajstić information content (AvgIpc) is 2.72. The number of aromatic nitrogens is 2. The van der Waals surface area contributed by atoms with Crippen molar-refractivity contribution in [3.8, 4) is 0 Å². The van der Waals surface area contributed by atoms with E-state index in [4.69, 9.17) is 4.52 Å². The van der Waals surface area contributed by atoms with Crippen molar-refractivity contribution in [1.29, 1.82) is 0 Å². The Morgan fingerprint density at radius 1 is 1.53 bits per heavy atom. The van der Waals surface area contributed by atoms with E-state index in [0.29, 0.717) is 30.7 Å². The Bertz CT molecular complexity index is 514. The van der Waals surface area contributed by atoms with E-state index >= 15 is 0 Å². The summed E-state index contributed by atoms with van der Waals surface area (Å²) in [6.45, 7) is 4.76. The van der Waals surface area contributed by atoms with Crippen molar-refractivity contribution in [3.05, 3.63) is 11.7 Å². The van der Waals surface area contributed by atoms with Gasteiger partial charge in [0.05, 0.1) is 12.8 Å². The fourth-order valence-electron chi connectivity index (χ4n) is 2.33. The van der Waals surface area contributed by atoms with Gasteiger partial charge in [-0.2, -0.15) is 4.98 Å². The first-order valence-electron chi connectivity index (χ1n) is 6.38. The van der Waals surface area contributed by atoms with Crippen molar-refractivity contribution >= 4 is 10.0 Å². The standard InChI is InChI=1S/C11H20N4O3S/c1-9-13-11(18-14-9)8-15-5-3-4-10(7-15)6-12-19(2,16)17/h10,12H,3-8H2,1-2H3/t10-/m1/s1. The second-order valence-electron chi connectivity index (χ2n) is 5.10. The first-order valence-corrected chi connectivity index (χ1v) is 8.28. The van der Waals surface area contributed by atoms with Crippen LogP contribution in [0, 0.1) is 12.8 Å². The van der Waals surface area contributed by atoms with Gasteiger partial charge in [-0.25, -0.2) is 13.1 Å². The van der Waals surface area contributed by atoms with E-state index in [-0.39, 0.29) is 0 Å². The van der Waals surface area contributed by atoms with E-state index in [9.17, 15) is 8.42 Å². The van der Waals surface area contributed by atoms with Gasteiger partial charge in [-0.1, -0.05) is 5.16 Å². The molecule has 0 aliphatic carbocycles. The van der Waals surface area contributed by atoms with Gasteiger partial charge in [-0.3, -0.25) is 4.90 Å². The summed E-state index contributed by atoms with van der Waals surface area (Å²) in [5, 5.41) is 3.77. The molecule has 0 radical (unpaired) electrons. The molecule has 2 heterocycles. The number of aryl methyl sites for hydroxylation is 1. The van der Waals surface area contributed by atoms with Crippen molar-refractivity contribution in [2.75, 3.05) is 25.9 Å². The van der Waals surface area contributed by atoms with Crippen LogP contribution >= 0.6 is 0 Å². The molecule has 1 aromatic rings. The molecule has 0 unspecified atom stereocenters. The molecule has 1 aliphatic heterocycles. The minimum atomic E-state index is -3.11. The SMILES string of the molecule is Cc1noc(CN2CCC[C@H](CNS(C)(=O)=O)C2)n1. The summed E-state index contributed by atoms with van der Waals surface area (Å²) in [6, 6.07) is 0. The zero-order valence-corrected chi connectivity index (χ0v) is 12.1. The first kappa shape index (κ1) is 14.4. The largest absolute Gasteiger partial charge is 0.338 e. The van der Waals surface area contributed by atoms with Crippen LogP contribution in [0.3, 0.4) is 0 Å². The Labute approximate surface area is 113 Å². The van der Waals surface area contributed by atoms with Gasteiger partial charge in [0.15, 0.2) is 5.82 Å². The Kier molecular flexibility index (Phi) is 4.54. The van der Waals surface area contributed by atoms with E-state index in [2.05, 4.69) is 19.8 Å². The van der Waals surface area contributed by atoms with E-state index < -0.39 is 10.0 Å². The molecule has 1 fully saturated rings. The topological polar surface area (TPSA) is 88.3 Å². The fourth-order valence-corrected chi connectivity index (χ4v) is 2.86. The zero-order valence-electron chi connectivity index (χ0n) is 11.3. The number of hydrogen-bond donors (Lipinski definition) is 1. The van der Waals surface area contributed by atoms with Crippen LogP contribution in [0.25, 0.3) is 0 Å². The first-order chi connectivity index (χ1) is 8.92. The summed E-state index contributed by atoms with van der Waals surface area (Å²) in [5.41, 5.74) is 0. The highest BCUT2D eigenvalue weighted by molar-refractivity contribution is 7.88. The third-order valence-electron chi connectivity index (χ3n) is 3.17. The Morgan fingerprint density at radius 2 is 2.32 bits per heavy atom. The van der Waals surface area contributed by atoms with Crippen LogP contribution in [-0.2, 0) is 16.6 Å². The van der Waals surface area contributed by atoms with Gasteiger partial charge in [0.2, 0.25) is 15.9 Å². The van der Waals surface area contributed by atoms with Gasteiger partial charge in [-0.05, 0) is 32.2 Å². The average molecular weight is 288 g/mol. The molecule has 1 N–H and O–H groups in total. The second kappa shape index (κ2) is 5.98. The van der Waals surface area contributed by atoms with Crippen LogP contribution in [0.4, 0.5) is 0 Å². The number of nitrogens with zero attached hydrogens (tertiary/aromatic N) is 3. The number of sulfonamides is 1. The van der Waals surface area contributed by atoms with Crippen molar-refractivity contribution in [1.82, 2.24) is 19.8 Å². The molecular formula is C11H20N4O3S. The van der Waals surface area contributed by atoms with Crippen LogP contribution < -0.4 is 4.72 Å². The van der Waals surface area contributed by atoms with Gasteiger partial charge < -0.3 is 4.52 Å². The van der Waals surface area contributed by atoms with Gasteiger partial charge in [-0.15, -0.1) is 0 Å². The van der Waals surface area contributed by atoms with Crippen molar-refractivity contribution in [2.24, 2.45) is 5.92 Å². The van der Waals surface area contributed by atoms with Gasteiger partial charge >= 0.3 is 0 Å². The number of likely N-dealkylation sites (tertiary alicyclic amines) is 1. The fraction of sp³-hybridized carbons (Fsp3) is 0.818. The molecule has 1 atom stereocenters. The van der Waals surface area contributed by atoms with Gasteiger partial charge in [0, 0.05) is 13.1 Å². The minimum Gasteiger partial charge on any atom is -0.338 e. The summed E-state index contributed by atoms with van der Waals surface area (Å²) in [4.78, 5) is 6.41. The Balaban J connectivity index is 1.83. The third kappa shape index (κ3) is 4.88. The molecule has 1 saturated heterocycles. The van der Waals surface area contributed by atoms with Crippen LogP contribution in [0.15, 0.2) is 4.52 Å². The number of rotatable bonds is 5. The van der Waals surface area contributed by atoms with Crippen molar-refractivity contribution in [2.45, 2.75) is 26.3 Å². The predicted molar refractivity (Wildman–Crippen MR) is 69.9 cm³/mol.